The molecule has 0 amide bonds. The van der Waals surface area contributed by atoms with Crippen LogP contribution in [-0.2, 0) is 11.3 Å². The van der Waals surface area contributed by atoms with Gasteiger partial charge in [0.1, 0.15) is 16.9 Å². The molecule has 0 radical (unpaired) electrons. The van der Waals surface area contributed by atoms with E-state index in [9.17, 15) is 4.79 Å². The maximum Gasteiger partial charge on any atom is 0.344 e. The van der Waals surface area contributed by atoms with Crippen molar-refractivity contribution in [2.24, 2.45) is 0 Å². The second-order valence-electron chi connectivity index (χ2n) is 8.26. The van der Waals surface area contributed by atoms with Gasteiger partial charge in [-0.25, -0.2) is 14.8 Å². The number of benzene rings is 1. The van der Waals surface area contributed by atoms with Crippen LogP contribution < -0.4 is 5.73 Å². The molecule has 0 aliphatic heterocycles. The minimum Gasteiger partial charge on any atom is -0.462 e. The lowest BCUT2D eigenvalue weighted by molar-refractivity contribution is 0.0501. The Hall–Kier alpha value is -2.63. The van der Waals surface area contributed by atoms with E-state index in [-0.39, 0.29) is 0 Å². The molecular weight excluding hydrogens is 388 g/mol. The zero-order chi connectivity index (χ0) is 22.1. The Balaban J connectivity index is 1.84. The van der Waals surface area contributed by atoms with Gasteiger partial charge in [0.25, 0.3) is 0 Å². The molecule has 1 aromatic carbocycles. The van der Waals surface area contributed by atoms with Crippen molar-refractivity contribution in [2.45, 2.75) is 84.6 Å². The number of nitrogen functional groups attached to an aromatic ring is 1. The second-order valence-corrected chi connectivity index (χ2v) is 8.26. The number of hydrogen-bond acceptors (Lipinski definition) is 5. The number of fused-ring (bicyclic) bond motifs is 2. The third-order valence-electron chi connectivity index (χ3n) is 5.76. The van der Waals surface area contributed by atoms with E-state index in [0.717, 1.165) is 56.1 Å². The summed E-state index contributed by atoms with van der Waals surface area (Å²) in [6.45, 7) is 5.52. The lowest BCUT2D eigenvalue weighted by atomic mass is 10.1. The van der Waals surface area contributed by atoms with Crippen LogP contribution >= 0.6 is 0 Å². The van der Waals surface area contributed by atoms with Gasteiger partial charge in [-0.05, 0) is 25.0 Å². The monoisotopic (exact) mass is 424 g/mol. The SMILES string of the molecule is CCCCCCCCn1c(N)c(C(=O)OCCCCCC)c2nc3ccccc3nc21. The van der Waals surface area contributed by atoms with Crippen molar-refractivity contribution in [2.75, 3.05) is 12.3 Å². The molecule has 3 rings (SSSR count). The molecule has 0 saturated carbocycles. The van der Waals surface area contributed by atoms with E-state index in [1.807, 2.05) is 28.8 Å². The van der Waals surface area contributed by atoms with Crippen LogP contribution in [0.3, 0.4) is 0 Å². The highest BCUT2D eigenvalue weighted by atomic mass is 16.5. The summed E-state index contributed by atoms with van der Waals surface area (Å²) in [5.74, 6) is 0.0164. The van der Waals surface area contributed by atoms with E-state index >= 15 is 0 Å². The molecule has 0 atom stereocenters. The third kappa shape index (κ3) is 5.75. The number of nitrogens with zero attached hydrogens (tertiary/aromatic N) is 3. The summed E-state index contributed by atoms with van der Waals surface area (Å²) < 4.78 is 7.51. The molecular formula is C25H36N4O2. The van der Waals surface area contributed by atoms with Crippen LogP contribution in [-0.4, -0.2) is 27.1 Å². The number of aryl methyl sites for hydroxylation is 1. The molecule has 0 aliphatic carbocycles. The summed E-state index contributed by atoms with van der Waals surface area (Å²) >= 11 is 0. The minimum atomic E-state index is -0.398. The molecule has 3 aromatic rings. The standard InChI is InChI=1S/C25H36N4O2/c1-3-5-7-9-10-13-17-29-23(26)21(25(30)31-18-14-8-6-4-2)22-24(29)28-20-16-12-11-15-19(20)27-22/h11-12,15-16H,3-10,13-14,17-18,26H2,1-2H3. The van der Waals surface area contributed by atoms with Crippen LogP contribution in [0.2, 0.25) is 0 Å². The number of unbranched alkanes of at least 4 members (excludes halogenated alkanes) is 8. The van der Waals surface area contributed by atoms with E-state index in [1.54, 1.807) is 0 Å². The first-order valence-electron chi connectivity index (χ1n) is 11.9. The number of hydrogen-bond donors (Lipinski definition) is 1. The predicted octanol–water partition coefficient (Wildman–Crippen LogP) is 6.26. The molecule has 0 saturated heterocycles. The molecule has 2 heterocycles. The van der Waals surface area contributed by atoms with Gasteiger partial charge in [-0.1, -0.05) is 77.3 Å². The number of nitrogens with two attached hydrogens (primary N) is 1. The summed E-state index contributed by atoms with van der Waals surface area (Å²) in [5.41, 5.74) is 9.60. The topological polar surface area (TPSA) is 83.0 Å². The highest BCUT2D eigenvalue weighted by Crippen LogP contribution is 2.29. The van der Waals surface area contributed by atoms with Crippen LogP contribution in [0.5, 0.6) is 0 Å². The van der Waals surface area contributed by atoms with Gasteiger partial charge in [-0.15, -0.1) is 0 Å². The Morgan fingerprint density at radius 3 is 2.23 bits per heavy atom. The van der Waals surface area contributed by atoms with E-state index in [1.165, 1.54) is 25.7 Å². The Morgan fingerprint density at radius 2 is 1.52 bits per heavy atom. The van der Waals surface area contributed by atoms with Crippen LogP contribution in [0.1, 0.15) is 88.4 Å². The first kappa shape index (κ1) is 23.0. The number of esters is 1. The van der Waals surface area contributed by atoms with Crippen molar-refractivity contribution in [3.8, 4) is 0 Å². The van der Waals surface area contributed by atoms with E-state index < -0.39 is 5.97 Å². The zero-order valence-electron chi connectivity index (χ0n) is 19.0. The average Bonchev–Trinajstić information content (AvgIpc) is 3.04. The van der Waals surface area contributed by atoms with Crippen LogP contribution in [0.25, 0.3) is 22.2 Å². The van der Waals surface area contributed by atoms with E-state index in [4.69, 9.17) is 20.4 Å². The molecule has 0 spiro atoms. The van der Waals surface area contributed by atoms with Crippen molar-refractivity contribution in [1.82, 2.24) is 14.5 Å². The molecule has 0 fully saturated rings. The van der Waals surface area contributed by atoms with Gasteiger partial charge < -0.3 is 15.0 Å². The molecule has 2 aromatic heterocycles. The summed E-state index contributed by atoms with van der Waals surface area (Å²) in [5, 5.41) is 0. The average molecular weight is 425 g/mol. The molecule has 168 valence electrons. The van der Waals surface area contributed by atoms with Gasteiger partial charge in [0.15, 0.2) is 5.65 Å². The first-order valence-corrected chi connectivity index (χ1v) is 11.9. The van der Waals surface area contributed by atoms with E-state index in [0.29, 0.717) is 29.2 Å². The lowest BCUT2D eigenvalue weighted by Crippen LogP contribution is -2.11. The lowest BCUT2D eigenvalue weighted by Gasteiger charge is -2.08. The molecule has 0 unspecified atom stereocenters. The van der Waals surface area contributed by atoms with Crippen molar-refractivity contribution in [3.63, 3.8) is 0 Å². The fraction of sp³-hybridized carbons (Fsp3) is 0.560. The minimum absolute atomic E-state index is 0.356. The Kier molecular flexibility index (Phi) is 8.68. The molecule has 6 nitrogen and oxygen atoms in total. The van der Waals surface area contributed by atoms with Crippen molar-refractivity contribution in [1.29, 1.82) is 0 Å². The molecule has 0 aliphatic rings. The number of ether oxygens (including phenoxy) is 1. The number of carbonyl (C=O) groups is 1. The highest BCUT2D eigenvalue weighted by molar-refractivity contribution is 6.08. The Morgan fingerprint density at radius 1 is 0.903 bits per heavy atom. The fourth-order valence-corrected chi connectivity index (χ4v) is 3.96. The van der Waals surface area contributed by atoms with Gasteiger partial charge >= 0.3 is 5.97 Å². The number of rotatable bonds is 13. The van der Waals surface area contributed by atoms with Crippen molar-refractivity contribution in [3.05, 3.63) is 29.8 Å². The molecule has 6 heteroatoms. The van der Waals surface area contributed by atoms with Crippen molar-refractivity contribution < 1.29 is 9.53 Å². The zero-order valence-corrected chi connectivity index (χ0v) is 19.0. The van der Waals surface area contributed by atoms with Crippen LogP contribution in [0.4, 0.5) is 5.82 Å². The molecule has 2 N–H and O–H groups in total. The Bertz CT molecular complexity index is 996. The van der Waals surface area contributed by atoms with Crippen LogP contribution in [0.15, 0.2) is 24.3 Å². The number of carbonyl (C=O) groups excluding carboxylic acids is 1. The smallest absolute Gasteiger partial charge is 0.344 e. The van der Waals surface area contributed by atoms with Gasteiger partial charge in [-0.2, -0.15) is 0 Å². The van der Waals surface area contributed by atoms with Crippen LogP contribution in [0, 0.1) is 0 Å². The third-order valence-corrected chi connectivity index (χ3v) is 5.76. The summed E-state index contributed by atoms with van der Waals surface area (Å²) in [6, 6.07) is 7.71. The highest BCUT2D eigenvalue weighted by Gasteiger charge is 2.24. The number of para-hydroxylation sites is 2. The predicted molar refractivity (Wildman–Crippen MR) is 127 cm³/mol. The summed E-state index contributed by atoms with van der Waals surface area (Å²) in [6.07, 6.45) is 11.3. The largest absolute Gasteiger partial charge is 0.462 e. The van der Waals surface area contributed by atoms with Gasteiger partial charge in [0, 0.05) is 6.54 Å². The number of anilines is 1. The van der Waals surface area contributed by atoms with Crippen molar-refractivity contribution >= 4 is 34.0 Å². The maximum absolute atomic E-state index is 12.9. The summed E-state index contributed by atoms with van der Waals surface area (Å²) in [4.78, 5) is 22.5. The molecule has 31 heavy (non-hydrogen) atoms. The normalized spacial score (nSPS) is 11.4. The number of aromatic nitrogens is 3. The summed E-state index contributed by atoms with van der Waals surface area (Å²) in [7, 11) is 0. The van der Waals surface area contributed by atoms with E-state index in [2.05, 4.69) is 13.8 Å². The maximum atomic E-state index is 12.9. The first-order chi connectivity index (χ1) is 15.2. The fourth-order valence-electron chi connectivity index (χ4n) is 3.96. The van der Waals surface area contributed by atoms with Gasteiger partial charge in [0.05, 0.1) is 17.6 Å². The Labute approximate surface area is 185 Å². The van der Waals surface area contributed by atoms with Gasteiger partial charge in [0.2, 0.25) is 0 Å². The molecule has 0 bridgehead atoms. The van der Waals surface area contributed by atoms with Gasteiger partial charge in [-0.3, -0.25) is 0 Å². The quantitative estimate of drug-likeness (QED) is 0.258. The second kappa shape index (κ2) is 11.7.